The second kappa shape index (κ2) is 11.2. The Morgan fingerprint density at radius 2 is 0.980 bits per heavy atom. The number of benzene rings is 8. The van der Waals surface area contributed by atoms with Crippen molar-refractivity contribution in [1.82, 2.24) is 9.97 Å². The van der Waals surface area contributed by atoms with Gasteiger partial charge < -0.3 is 0 Å². The van der Waals surface area contributed by atoms with E-state index in [1.807, 2.05) is 11.3 Å². The van der Waals surface area contributed by atoms with Gasteiger partial charge in [0.25, 0.3) is 0 Å². The van der Waals surface area contributed by atoms with E-state index in [4.69, 9.17) is 9.97 Å². The fourth-order valence-electron chi connectivity index (χ4n) is 7.47. The summed E-state index contributed by atoms with van der Waals surface area (Å²) in [6, 6.07) is 59.1. The van der Waals surface area contributed by atoms with Gasteiger partial charge in [0.2, 0.25) is 0 Å². The molecule has 10 aromatic rings. The van der Waals surface area contributed by atoms with Gasteiger partial charge in [-0.25, -0.2) is 9.97 Å². The monoisotopic (exact) mass is 640 g/mol. The van der Waals surface area contributed by atoms with E-state index in [0.29, 0.717) is 0 Å². The van der Waals surface area contributed by atoms with Gasteiger partial charge in [0, 0.05) is 36.5 Å². The highest BCUT2D eigenvalue weighted by Crippen LogP contribution is 2.42. The Labute approximate surface area is 287 Å². The largest absolute Gasteiger partial charge is 0.236 e. The average molecular weight is 641 g/mol. The van der Waals surface area contributed by atoms with Gasteiger partial charge in [-0.05, 0) is 73.8 Å². The fourth-order valence-corrected chi connectivity index (χ4v) is 8.71. The van der Waals surface area contributed by atoms with Crippen LogP contribution in [0.15, 0.2) is 170 Å². The van der Waals surface area contributed by atoms with Crippen LogP contribution < -0.4 is 0 Å². The van der Waals surface area contributed by atoms with Gasteiger partial charge in [0.1, 0.15) is 6.33 Å². The average Bonchev–Trinajstić information content (AvgIpc) is 3.57. The Morgan fingerprint density at radius 1 is 0.367 bits per heavy atom. The standard InChI is InChI=1S/C46H28N2S/c1-2-11-29(12-3-1)32-23-24-37-36-17-4-5-19-39(36)43-44(47-28-48-45(43)41(37)27-32)34-16-9-14-31(26-34)30-13-8-15-33(25-30)35-20-10-21-40-38-18-6-7-22-42(38)49-46(35)40/h1-28H. The number of rotatable bonds is 4. The first-order chi connectivity index (χ1) is 24.3. The molecule has 0 bridgehead atoms. The van der Waals surface area contributed by atoms with E-state index in [-0.39, 0.29) is 0 Å². The molecule has 10 rings (SSSR count). The summed E-state index contributed by atoms with van der Waals surface area (Å²) in [7, 11) is 0. The number of hydrogen-bond acceptors (Lipinski definition) is 3. The van der Waals surface area contributed by atoms with E-state index in [9.17, 15) is 0 Å². The van der Waals surface area contributed by atoms with Gasteiger partial charge in [-0.1, -0.05) is 140 Å². The number of hydrogen-bond donors (Lipinski definition) is 0. The SMILES string of the molecule is c1ccc(-c2ccc3c4ccccc4c4c(-c5cccc(-c6cccc(-c7cccc8c7sc7ccccc78)c6)c5)ncnc4c3c2)cc1. The molecule has 0 unspecified atom stereocenters. The van der Waals surface area contributed by atoms with Crippen LogP contribution in [0.1, 0.15) is 0 Å². The third-order valence-corrected chi connectivity index (χ3v) is 11.0. The Hall–Kier alpha value is -6.16. The number of fused-ring (bicyclic) bond motifs is 9. The molecule has 0 atom stereocenters. The van der Waals surface area contributed by atoms with Crippen LogP contribution in [0.4, 0.5) is 0 Å². The first kappa shape index (κ1) is 27.9. The number of thiophene rings is 1. The van der Waals surface area contributed by atoms with Gasteiger partial charge in [0.05, 0.1) is 11.2 Å². The van der Waals surface area contributed by atoms with Crippen LogP contribution in [0, 0.1) is 0 Å². The minimum absolute atomic E-state index is 0.946. The molecule has 0 amide bonds. The third kappa shape index (κ3) is 4.55. The molecule has 2 heterocycles. The quantitative estimate of drug-likeness (QED) is 0.179. The van der Waals surface area contributed by atoms with E-state index in [1.165, 1.54) is 58.8 Å². The van der Waals surface area contributed by atoms with Crippen molar-refractivity contribution in [3.8, 4) is 44.6 Å². The maximum absolute atomic E-state index is 4.96. The Morgan fingerprint density at radius 3 is 1.84 bits per heavy atom. The highest BCUT2D eigenvalue weighted by Gasteiger charge is 2.17. The smallest absolute Gasteiger partial charge is 0.116 e. The van der Waals surface area contributed by atoms with Crippen LogP contribution >= 0.6 is 11.3 Å². The first-order valence-corrected chi connectivity index (χ1v) is 17.4. The lowest BCUT2D eigenvalue weighted by Gasteiger charge is -2.14. The number of nitrogens with zero attached hydrogens (tertiary/aromatic N) is 2. The predicted octanol–water partition coefficient (Wildman–Crippen LogP) is 13.0. The van der Waals surface area contributed by atoms with Crippen LogP contribution in [-0.2, 0) is 0 Å². The molecule has 0 radical (unpaired) electrons. The summed E-state index contributed by atoms with van der Waals surface area (Å²) in [6.07, 6.45) is 1.72. The molecule has 0 aliphatic heterocycles. The van der Waals surface area contributed by atoms with Crippen LogP contribution in [0.25, 0.3) is 97.3 Å². The van der Waals surface area contributed by atoms with Crippen molar-refractivity contribution in [2.45, 2.75) is 0 Å². The molecule has 228 valence electrons. The van der Waals surface area contributed by atoms with E-state index < -0.39 is 0 Å². The molecule has 0 N–H and O–H groups in total. The lowest BCUT2D eigenvalue weighted by molar-refractivity contribution is 1.23. The molecule has 49 heavy (non-hydrogen) atoms. The molecule has 2 nitrogen and oxygen atoms in total. The Kier molecular flexibility index (Phi) is 6.39. The molecular weight excluding hydrogens is 613 g/mol. The van der Waals surface area contributed by atoms with E-state index in [1.54, 1.807) is 6.33 Å². The molecule has 0 saturated carbocycles. The van der Waals surface area contributed by atoms with Gasteiger partial charge in [-0.2, -0.15) is 0 Å². The molecule has 0 spiro atoms. The minimum Gasteiger partial charge on any atom is -0.236 e. The molecular formula is C46H28N2S. The van der Waals surface area contributed by atoms with Crippen molar-refractivity contribution in [2.24, 2.45) is 0 Å². The lowest BCUT2D eigenvalue weighted by atomic mass is 9.91. The van der Waals surface area contributed by atoms with Crippen LogP contribution in [-0.4, -0.2) is 9.97 Å². The zero-order valence-electron chi connectivity index (χ0n) is 26.5. The van der Waals surface area contributed by atoms with E-state index >= 15 is 0 Å². The summed E-state index contributed by atoms with van der Waals surface area (Å²) in [5.41, 5.74) is 10.2. The van der Waals surface area contributed by atoms with Crippen molar-refractivity contribution in [1.29, 1.82) is 0 Å². The summed E-state index contributed by atoms with van der Waals surface area (Å²) in [5.74, 6) is 0. The highest BCUT2D eigenvalue weighted by atomic mass is 32.1. The zero-order chi connectivity index (χ0) is 32.3. The van der Waals surface area contributed by atoms with Crippen LogP contribution in [0.3, 0.4) is 0 Å². The number of aromatic nitrogens is 2. The summed E-state index contributed by atoms with van der Waals surface area (Å²) in [6.45, 7) is 0. The van der Waals surface area contributed by atoms with Gasteiger partial charge in [0.15, 0.2) is 0 Å². The van der Waals surface area contributed by atoms with Gasteiger partial charge in [-0.15, -0.1) is 11.3 Å². The highest BCUT2D eigenvalue weighted by molar-refractivity contribution is 7.26. The van der Waals surface area contributed by atoms with E-state index in [0.717, 1.165) is 38.5 Å². The second-order valence-corrected chi connectivity index (χ2v) is 13.6. The second-order valence-electron chi connectivity index (χ2n) is 12.6. The fraction of sp³-hybridized carbons (Fsp3) is 0. The molecule has 2 aromatic heterocycles. The Bertz CT molecular complexity index is 2890. The van der Waals surface area contributed by atoms with Crippen molar-refractivity contribution < 1.29 is 0 Å². The van der Waals surface area contributed by atoms with Crippen molar-refractivity contribution in [2.75, 3.05) is 0 Å². The summed E-state index contributed by atoms with van der Waals surface area (Å²) < 4.78 is 2.65. The summed E-state index contributed by atoms with van der Waals surface area (Å²) in [4.78, 5) is 9.90. The van der Waals surface area contributed by atoms with Gasteiger partial charge >= 0.3 is 0 Å². The first-order valence-electron chi connectivity index (χ1n) is 16.6. The molecule has 0 fully saturated rings. The predicted molar refractivity (Wildman–Crippen MR) is 209 cm³/mol. The lowest BCUT2D eigenvalue weighted by Crippen LogP contribution is -1.93. The molecule has 0 saturated heterocycles. The Balaban J connectivity index is 1.14. The molecule has 0 aliphatic rings. The van der Waals surface area contributed by atoms with Gasteiger partial charge in [-0.3, -0.25) is 0 Å². The topological polar surface area (TPSA) is 25.8 Å². The normalized spacial score (nSPS) is 11.7. The van der Waals surface area contributed by atoms with E-state index in [2.05, 4.69) is 164 Å². The molecule has 8 aromatic carbocycles. The van der Waals surface area contributed by atoms with Crippen LogP contribution in [0.2, 0.25) is 0 Å². The van der Waals surface area contributed by atoms with Crippen LogP contribution in [0.5, 0.6) is 0 Å². The third-order valence-electron chi connectivity index (χ3n) is 9.76. The van der Waals surface area contributed by atoms with Crippen molar-refractivity contribution in [3.05, 3.63) is 170 Å². The maximum Gasteiger partial charge on any atom is 0.116 e. The van der Waals surface area contributed by atoms with Crippen molar-refractivity contribution in [3.63, 3.8) is 0 Å². The minimum atomic E-state index is 0.946. The zero-order valence-corrected chi connectivity index (χ0v) is 27.3. The summed E-state index contributed by atoms with van der Waals surface area (Å²) in [5, 5.41) is 8.43. The maximum atomic E-state index is 4.96. The summed E-state index contributed by atoms with van der Waals surface area (Å²) >= 11 is 1.87. The molecule has 3 heteroatoms. The molecule has 0 aliphatic carbocycles. The van der Waals surface area contributed by atoms with Crippen molar-refractivity contribution >= 4 is 64.0 Å².